The molecule has 0 aliphatic carbocycles. The Bertz CT molecular complexity index is 602. The first kappa shape index (κ1) is 14.7. The number of rotatable bonds is 4. The Labute approximate surface area is 120 Å². The largest absolute Gasteiger partial charge is 0.310 e. The Kier molecular flexibility index (Phi) is 4.56. The van der Waals surface area contributed by atoms with Crippen molar-refractivity contribution in [1.29, 1.82) is 0 Å². The fraction of sp³-hybridized carbons (Fsp3) is 0.333. The third-order valence-electron chi connectivity index (χ3n) is 3.45. The highest BCUT2D eigenvalue weighted by molar-refractivity contribution is 5.71. The first-order valence-corrected chi connectivity index (χ1v) is 7.07. The van der Waals surface area contributed by atoms with E-state index in [-0.39, 0.29) is 5.82 Å². The van der Waals surface area contributed by atoms with Crippen LogP contribution < -0.4 is 5.32 Å². The van der Waals surface area contributed by atoms with Crippen molar-refractivity contribution < 1.29 is 4.39 Å². The van der Waals surface area contributed by atoms with Crippen molar-refractivity contribution in [3.8, 4) is 11.1 Å². The molecule has 2 aromatic rings. The first-order valence-electron chi connectivity index (χ1n) is 7.07. The van der Waals surface area contributed by atoms with Gasteiger partial charge in [-0.2, -0.15) is 0 Å². The molecule has 0 amide bonds. The van der Waals surface area contributed by atoms with Crippen LogP contribution >= 0.6 is 0 Å². The first-order chi connectivity index (χ1) is 9.47. The summed E-state index contributed by atoms with van der Waals surface area (Å²) in [4.78, 5) is 0. The average molecular weight is 271 g/mol. The van der Waals surface area contributed by atoms with E-state index < -0.39 is 0 Å². The second-order valence-corrected chi connectivity index (χ2v) is 5.66. The monoisotopic (exact) mass is 271 g/mol. The van der Waals surface area contributed by atoms with E-state index in [1.54, 1.807) is 6.07 Å². The van der Waals surface area contributed by atoms with Crippen LogP contribution in [0.3, 0.4) is 0 Å². The number of nitrogens with one attached hydrogen (secondary N) is 1. The maximum Gasteiger partial charge on any atom is 0.123 e. The third kappa shape index (κ3) is 3.45. The molecule has 0 saturated carbocycles. The van der Waals surface area contributed by atoms with E-state index in [1.165, 1.54) is 22.8 Å². The van der Waals surface area contributed by atoms with Gasteiger partial charge in [-0.1, -0.05) is 43.7 Å². The summed E-state index contributed by atoms with van der Waals surface area (Å²) < 4.78 is 13.5. The molecular formula is C18H22FN. The Morgan fingerprint density at radius 3 is 2.45 bits per heavy atom. The van der Waals surface area contributed by atoms with Crippen molar-refractivity contribution in [3.63, 3.8) is 0 Å². The van der Waals surface area contributed by atoms with Gasteiger partial charge in [0.25, 0.3) is 0 Å². The Hall–Kier alpha value is -1.67. The minimum absolute atomic E-state index is 0.181. The van der Waals surface area contributed by atoms with Crippen molar-refractivity contribution >= 4 is 0 Å². The number of benzene rings is 2. The van der Waals surface area contributed by atoms with E-state index in [2.05, 4.69) is 51.2 Å². The highest BCUT2D eigenvalue weighted by Gasteiger charge is 2.09. The molecule has 106 valence electrons. The molecule has 0 aliphatic heterocycles. The van der Waals surface area contributed by atoms with Crippen LogP contribution in [-0.4, -0.2) is 6.04 Å². The minimum Gasteiger partial charge on any atom is -0.310 e. The number of aryl methyl sites for hydroxylation is 2. The SMILES string of the molecule is Cc1ccc(C)c(-c2ccc(F)cc2CNC(C)C)c1. The molecule has 0 radical (unpaired) electrons. The molecule has 0 fully saturated rings. The summed E-state index contributed by atoms with van der Waals surface area (Å²) in [6.07, 6.45) is 0. The van der Waals surface area contributed by atoms with E-state index in [4.69, 9.17) is 0 Å². The standard InChI is InChI=1S/C18H22FN/c1-12(2)20-11-15-10-16(19)7-8-17(15)18-9-13(3)5-6-14(18)4/h5-10,12,20H,11H2,1-4H3. The van der Waals surface area contributed by atoms with Gasteiger partial charge in [0.15, 0.2) is 0 Å². The molecule has 0 spiro atoms. The fourth-order valence-corrected chi connectivity index (χ4v) is 2.31. The summed E-state index contributed by atoms with van der Waals surface area (Å²) in [5, 5.41) is 3.37. The highest BCUT2D eigenvalue weighted by atomic mass is 19.1. The lowest BCUT2D eigenvalue weighted by Gasteiger charge is -2.15. The minimum atomic E-state index is -0.181. The Morgan fingerprint density at radius 1 is 1.00 bits per heavy atom. The second kappa shape index (κ2) is 6.19. The number of halogens is 1. The van der Waals surface area contributed by atoms with E-state index in [1.807, 2.05) is 6.07 Å². The van der Waals surface area contributed by atoms with Crippen molar-refractivity contribution in [2.75, 3.05) is 0 Å². The molecule has 0 atom stereocenters. The summed E-state index contributed by atoms with van der Waals surface area (Å²) >= 11 is 0. The lowest BCUT2D eigenvalue weighted by atomic mass is 9.94. The van der Waals surface area contributed by atoms with Crippen LogP contribution in [0.15, 0.2) is 36.4 Å². The highest BCUT2D eigenvalue weighted by Crippen LogP contribution is 2.28. The van der Waals surface area contributed by atoms with E-state index in [9.17, 15) is 4.39 Å². The summed E-state index contributed by atoms with van der Waals surface area (Å²) in [5.41, 5.74) is 5.74. The summed E-state index contributed by atoms with van der Waals surface area (Å²) in [6.45, 7) is 9.04. The average Bonchev–Trinajstić information content (AvgIpc) is 2.39. The molecule has 0 saturated heterocycles. The number of hydrogen-bond donors (Lipinski definition) is 1. The maximum absolute atomic E-state index is 13.5. The molecule has 0 heterocycles. The predicted octanol–water partition coefficient (Wildman–Crippen LogP) is 4.61. The topological polar surface area (TPSA) is 12.0 Å². The van der Waals surface area contributed by atoms with Crippen molar-refractivity contribution in [1.82, 2.24) is 5.32 Å². The third-order valence-corrected chi connectivity index (χ3v) is 3.45. The zero-order valence-corrected chi connectivity index (χ0v) is 12.6. The predicted molar refractivity (Wildman–Crippen MR) is 83.3 cm³/mol. The lowest BCUT2D eigenvalue weighted by Crippen LogP contribution is -2.22. The molecule has 1 nitrogen and oxygen atoms in total. The second-order valence-electron chi connectivity index (χ2n) is 5.66. The van der Waals surface area contributed by atoms with Crippen molar-refractivity contribution in [2.45, 2.75) is 40.3 Å². The summed E-state index contributed by atoms with van der Waals surface area (Å²) in [6, 6.07) is 11.8. The zero-order valence-electron chi connectivity index (χ0n) is 12.6. The normalized spacial score (nSPS) is 11.1. The van der Waals surface area contributed by atoms with Gasteiger partial charge >= 0.3 is 0 Å². The van der Waals surface area contributed by atoms with E-state index >= 15 is 0 Å². The van der Waals surface area contributed by atoms with E-state index in [0.29, 0.717) is 12.6 Å². The lowest BCUT2D eigenvalue weighted by molar-refractivity contribution is 0.582. The molecule has 2 aromatic carbocycles. The molecule has 0 unspecified atom stereocenters. The van der Waals surface area contributed by atoms with Gasteiger partial charge < -0.3 is 5.32 Å². The van der Waals surface area contributed by atoms with Crippen LogP contribution in [0.2, 0.25) is 0 Å². The van der Waals surface area contributed by atoms with E-state index in [0.717, 1.165) is 11.1 Å². The zero-order chi connectivity index (χ0) is 14.7. The molecule has 0 bridgehead atoms. The van der Waals surface area contributed by atoms with Crippen LogP contribution in [0, 0.1) is 19.7 Å². The fourth-order valence-electron chi connectivity index (χ4n) is 2.31. The van der Waals surface area contributed by atoms with Gasteiger partial charge in [-0.25, -0.2) is 4.39 Å². The van der Waals surface area contributed by atoms with Gasteiger partial charge in [0.05, 0.1) is 0 Å². The maximum atomic E-state index is 13.5. The molecular weight excluding hydrogens is 249 g/mol. The van der Waals surface area contributed by atoms with Gasteiger partial charge in [-0.15, -0.1) is 0 Å². The van der Waals surface area contributed by atoms with Crippen molar-refractivity contribution in [2.24, 2.45) is 0 Å². The van der Waals surface area contributed by atoms with Crippen LogP contribution in [0.25, 0.3) is 11.1 Å². The van der Waals surface area contributed by atoms with Crippen LogP contribution in [0.5, 0.6) is 0 Å². The van der Waals surface area contributed by atoms with Gasteiger partial charge in [0, 0.05) is 12.6 Å². The van der Waals surface area contributed by atoms with Crippen LogP contribution in [0.4, 0.5) is 4.39 Å². The summed E-state index contributed by atoms with van der Waals surface area (Å²) in [7, 11) is 0. The molecule has 1 N–H and O–H groups in total. The van der Waals surface area contributed by atoms with Crippen LogP contribution in [-0.2, 0) is 6.54 Å². The van der Waals surface area contributed by atoms with Crippen LogP contribution in [0.1, 0.15) is 30.5 Å². The number of hydrogen-bond acceptors (Lipinski definition) is 1. The molecule has 2 heteroatoms. The Morgan fingerprint density at radius 2 is 1.75 bits per heavy atom. The molecule has 0 aromatic heterocycles. The summed E-state index contributed by atoms with van der Waals surface area (Å²) in [5.74, 6) is -0.181. The smallest absolute Gasteiger partial charge is 0.123 e. The van der Waals surface area contributed by atoms with Gasteiger partial charge in [-0.3, -0.25) is 0 Å². The van der Waals surface area contributed by atoms with Gasteiger partial charge in [-0.05, 0) is 48.2 Å². The quantitative estimate of drug-likeness (QED) is 0.856. The molecule has 20 heavy (non-hydrogen) atoms. The molecule has 2 rings (SSSR count). The van der Waals surface area contributed by atoms with Gasteiger partial charge in [0.2, 0.25) is 0 Å². The van der Waals surface area contributed by atoms with Crippen molar-refractivity contribution in [3.05, 3.63) is 58.9 Å². The Balaban J connectivity index is 2.47. The van der Waals surface area contributed by atoms with Gasteiger partial charge in [0.1, 0.15) is 5.82 Å². The molecule has 0 aliphatic rings.